The van der Waals surface area contributed by atoms with Crippen molar-refractivity contribution in [1.82, 2.24) is 15.1 Å². The molecule has 4 aliphatic rings. The molecule has 1 N–H and O–H groups in total. The fourth-order valence-corrected chi connectivity index (χ4v) is 5.05. The zero-order valence-corrected chi connectivity index (χ0v) is 17.8. The second-order valence-corrected chi connectivity index (χ2v) is 8.70. The van der Waals surface area contributed by atoms with Crippen LogP contribution in [-0.4, -0.2) is 52.7 Å². The first-order chi connectivity index (χ1) is 16.0. The minimum absolute atomic E-state index is 0.104. The summed E-state index contributed by atoms with van der Waals surface area (Å²) in [6, 6.07) is 8.46. The van der Waals surface area contributed by atoms with E-state index in [1.165, 1.54) is 0 Å². The van der Waals surface area contributed by atoms with Crippen LogP contribution in [0.1, 0.15) is 50.2 Å². The molecular formula is C24H21N3O6. The largest absolute Gasteiger partial charge is 0.486 e. The third-order valence-electron chi connectivity index (χ3n) is 6.59. The number of amides is 4. The summed E-state index contributed by atoms with van der Waals surface area (Å²) in [5.41, 5.74) is 3.64. The Morgan fingerprint density at radius 3 is 2.33 bits per heavy atom. The maximum absolute atomic E-state index is 13.1. The van der Waals surface area contributed by atoms with Gasteiger partial charge in [0.1, 0.15) is 19.3 Å². The normalized spacial score (nSPS) is 21.8. The molecule has 1 saturated heterocycles. The minimum Gasteiger partial charge on any atom is -0.486 e. The van der Waals surface area contributed by atoms with Crippen LogP contribution < -0.4 is 14.8 Å². The van der Waals surface area contributed by atoms with Gasteiger partial charge in [-0.3, -0.25) is 34.3 Å². The van der Waals surface area contributed by atoms with E-state index in [0.717, 1.165) is 33.1 Å². The first kappa shape index (κ1) is 19.9. The van der Waals surface area contributed by atoms with Crippen molar-refractivity contribution in [2.24, 2.45) is 0 Å². The molecule has 9 heteroatoms. The van der Waals surface area contributed by atoms with Gasteiger partial charge in [0.25, 0.3) is 11.8 Å². The van der Waals surface area contributed by atoms with Gasteiger partial charge in [0, 0.05) is 31.6 Å². The van der Waals surface area contributed by atoms with Crippen LogP contribution in [0, 0.1) is 0 Å². The van der Waals surface area contributed by atoms with Gasteiger partial charge in [0.15, 0.2) is 11.5 Å². The number of benzene rings is 2. The van der Waals surface area contributed by atoms with Crippen LogP contribution >= 0.6 is 0 Å². The SMILES string of the molecule is O=C1CCC(N2C(=O)c3cc4c(cc3C2=O)CN(Cc2cccc3c2OCCO3)C4)C(=O)N1. The molecule has 2 aromatic carbocycles. The summed E-state index contributed by atoms with van der Waals surface area (Å²) in [4.78, 5) is 53.1. The van der Waals surface area contributed by atoms with Gasteiger partial charge in [-0.05, 0) is 35.7 Å². The first-order valence-electron chi connectivity index (χ1n) is 11.0. The number of ether oxygens (including phenoxy) is 2. The van der Waals surface area contributed by atoms with E-state index in [-0.39, 0.29) is 18.7 Å². The van der Waals surface area contributed by atoms with Crippen molar-refractivity contribution in [2.75, 3.05) is 13.2 Å². The molecule has 0 aromatic heterocycles. The molecule has 33 heavy (non-hydrogen) atoms. The summed E-state index contributed by atoms with van der Waals surface area (Å²) in [6.45, 7) is 2.97. The second kappa shape index (κ2) is 7.41. The van der Waals surface area contributed by atoms with Gasteiger partial charge in [-0.25, -0.2) is 0 Å². The zero-order chi connectivity index (χ0) is 22.7. The van der Waals surface area contributed by atoms with Crippen LogP contribution in [0.15, 0.2) is 30.3 Å². The lowest BCUT2D eigenvalue weighted by Crippen LogP contribution is -2.54. The molecule has 4 aliphatic heterocycles. The van der Waals surface area contributed by atoms with Crippen molar-refractivity contribution in [1.29, 1.82) is 0 Å². The quantitative estimate of drug-likeness (QED) is 0.709. The molecule has 6 rings (SSSR count). The van der Waals surface area contributed by atoms with E-state index in [0.29, 0.717) is 44.0 Å². The maximum Gasteiger partial charge on any atom is 0.262 e. The molecule has 1 fully saturated rings. The van der Waals surface area contributed by atoms with Crippen LogP contribution in [-0.2, 0) is 29.2 Å². The molecule has 168 valence electrons. The third kappa shape index (κ3) is 3.19. The number of para-hydroxylation sites is 1. The number of hydrogen-bond donors (Lipinski definition) is 1. The van der Waals surface area contributed by atoms with Crippen molar-refractivity contribution in [3.63, 3.8) is 0 Å². The van der Waals surface area contributed by atoms with E-state index < -0.39 is 23.8 Å². The highest BCUT2D eigenvalue weighted by molar-refractivity contribution is 6.23. The minimum atomic E-state index is -0.951. The number of nitrogens with one attached hydrogen (secondary N) is 1. The Labute approximate surface area is 189 Å². The number of hydrogen-bond acceptors (Lipinski definition) is 7. The number of rotatable bonds is 3. The summed E-state index contributed by atoms with van der Waals surface area (Å²) < 4.78 is 11.5. The van der Waals surface area contributed by atoms with E-state index in [9.17, 15) is 19.2 Å². The lowest BCUT2D eigenvalue weighted by Gasteiger charge is -2.27. The van der Waals surface area contributed by atoms with Gasteiger partial charge in [0.05, 0.1) is 11.1 Å². The number of fused-ring (bicyclic) bond motifs is 3. The molecule has 1 atom stereocenters. The molecular weight excluding hydrogens is 426 g/mol. The molecule has 9 nitrogen and oxygen atoms in total. The number of carbonyl (C=O) groups excluding carboxylic acids is 4. The van der Waals surface area contributed by atoms with E-state index in [1.807, 2.05) is 18.2 Å². The molecule has 2 aromatic rings. The Kier molecular flexibility index (Phi) is 4.48. The predicted molar refractivity (Wildman–Crippen MR) is 113 cm³/mol. The number of nitrogens with zero attached hydrogens (tertiary/aromatic N) is 2. The lowest BCUT2D eigenvalue weighted by atomic mass is 10.0. The Morgan fingerprint density at radius 1 is 0.939 bits per heavy atom. The molecule has 4 heterocycles. The Bertz CT molecular complexity index is 1190. The van der Waals surface area contributed by atoms with E-state index >= 15 is 0 Å². The fourth-order valence-electron chi connectivity index (χ4n) is 5.05. The highest BCUT2D eigenvalue weighted by atomic mass is 16.6. The molecule has 0 spiro atoms. The molecule has 0 aliphatic carbocycles. The molecule has 1 unspecified atom stereocenters. The van der Waals surface area contributed by atoms with Crippen molar-refractivity contribution < 1.29 is 28.7 Å². The molecule has 0 saturated carbocycles. The second-order valence-electron chi connectivity index (χ2n) is 8.70. The average molecular weight is 447 g/mol. The van der Waals surface area contributed by atoms with E-state index in [2.05, 4.69) is 10.2 Å². The Balaban J connectivity index is 1.23. The first-order valence-corrected chi connectivity index (χ1v) is 11.0. The Morgan fingerprint density at radius 2 is 1.64 bits per heavy atom. The highest BCUT2D eigenvalue weighted by Gasteiger charge is 2.45. The third-order valence-corrected chi connectivity index (χ3v) is 6.59. The molecule has 0 radical (unpaired) electrons. The number of carbonyl (C=O) groups is 4. The average Bonchev–Trinajstić information content (AvgIpc) is 3.30. The zero-order valence-electron chi connectivity index (χ0n) is 17.8. The van der Waals surface area contributed by atoms with Gasteiger partial charge < -0.3 is 9.47 Å². The van der Waals surface area contributed by atoms with Crippen molar-refractivity contribution in [2.45, 2.75) is 38.5 Å². The van der Waals surface area contributed by atoms with Crippen molar-refractivity contribution in [3.8, 4) is 11.5 Å². The highest BCUT2D eigenvalue weighted by Crippen LogP contribution is 2.37. The smallest absolute Gasteiger partial charge is 0.262 e. The van der Waals surface area contributed by atoms with Crippen LogP contribution in [0.4, 0.5) is 0 Å². The fraction of sp³-hybridized carbons (Fsp3) is 0.333. The summed E-state index contributed by atoms with van der Waals surface area (Å²) in [5.74, 6) is -0.422. The monoisotopic (exact) mass is 447 g/mol. The summed E-state index contributed by atoms with van der Waals surface area (Å²) in [6.07, 6.45) is 0.254. The molecule has 0 bridgehead atoms. The van der Waals surface area contributed by atoms with Gasteiger partial charge in [-0.1, -0.05) is 12.1 Å². The van der Waals surface area contributed by atoms with E-state index in [1.54, 1.807) is 12.1 Å². The van der Waals surface area contributed by atoms with Crippen LogP contribution in [0.3, 0.4) is 0 Å². The summed E-state index contributed by atoms with van der Waals surface area (Å²) in [7, 11) is 0. The number of imide groups is 2. The summed E-state index contributed by atoms with van der Waals surface area (Å²) in [5, 5.41) is 2.22. The van der Waals surface area contributed by atoms with Gasteiger partial charge in [-0.15, -0.1) is 0 Å². The van der Waals surface area contributed by atoms with E-state index in [4.69, 9.17) is 9.47 Å². The number of piperidine rings is 1. The standard InChI is InChI=1S/C24H21N3O6/c28-20-5-4-18(22(29)25-20)27-23(30)16-8-14-11-26(12-15(14)9-17(16)24(27)31)10-13-2-1-3-19-21(13)33-7-6-32-19/h1-3,8-9,18H,4-7,10-12H2,(H,25,28,29). The maximum atomic E-state index is 13.1. The van der Waals surface area contributed by atoms with Gasteiger partial charge in [-0.2, -0.15) is 0 Å². The van der Waals surface area contributed by atoms with Gasteiger partial charge in [0.2, 0.25) is 11.8 Å². The predicted octanol–water partition coefficient (Wildman–Crippen LogP) is 1.37. The lowest BCUT2D eigenvalue weighted by molar-refractivity contribution is -0.136. The van der Waals surface area contributed by atoms with Crippen molar-refractivity contribution in [3.05, 3.63) is 58.1 Å². The van der Waals surface area contributed by atoms with Crippen LogP contribution in [0.5, 0.6) is 11.5 Å². The van der Waals surface area contributed by atoms with Crippen molar-refractivity contribution >= 4 is 23.6 Å². The topological polar surface area (TPSA) is 105 Å². The summed E-state index contributed by atoms with van der Waals surface area (Å²) >= 11 is 0. The van der Waals surface area contributed by atoms with Crippen LogP contribution in [0.2, 0.25) is 0 Å². The molecule has 4 amide bonds. The van der Waals surface area contributed by atoms with Crippen LogP contribution in [0.25, 0.3) is 0 Å². The van der Waals surface area contributed by atoms with Gasteiger partial charge >= 0.3 is 0 Å². The Hall–Kier alpha value is -3.72.